The van der Waals surface area contributed by atoms with Crippen molar-refractivity contribution < 1.29 is 13.2 Å². The molecular formula is C17H26F3N3. The Kier molecular flexibility index (Phi) is 6.72. The average molecular weight is 329 g/mol. The Morgan fingerprint density at radius 3 is 2.22 bits per heavy atom. The molecule has 2 N–H and O–H groups in total. The highest BCUT2D eigenvalue weighted by atomic mass is 19.4. The fraction of sp³-hybridized carbons (Fsp3) is 0.647. The maximum absolute atomic E-state index is 13.1. The van der Waals surface area contributed by atoms with Gasteiger partial charge >= 0.3 is 6.18 Å². The van der Waals surface area contributed by atoms with Gasteiger partial charge in [-0.05, 0) is 38.1 Å². The largest absolute Gasteiger partial charge is 0.418 e. The third-order valence-electron chi connectivity index (χ3n) is 4.35. The summed E-state index contributed by atoms with van der Waals surface area (Å²) in [7, 11) is 0. The molecule has 23 heavy (non-hydrogen) atoms. The van der Waals surface area contributed by atoms with Gasteiger partial charge in [0.1, 0.15) is 0 Å². The summed E-state index contributed by atoms with van der Waals surface area (Å²) in [5.41, 5.74) is 5.25. The van der Waals surface area contributed by atoms with Gasteiger partial charge in [0.2, 0.25) is 0 Å². The van der Waals surface area contributed by atoms with Crippen LogP contribution in [0.2, 0.25) is 0 Å². The zero-order valence-corrected chi connectivity index (χ0v) is 13.5. The highest BCUT2D eigenvalue weighted by Gasteiger charge is 2.35. The predicted molar refractivity (Wildman–Crippen MR) is 87.6 cm³/mol. The minimum absolute atomic E-state index is 0.308. The first-order valence-corrected chi connectivity index (χ1v) is 8.36. The van der Waals surface area contributed by atoms with Crippen LogP contribution in [0.3, 0.4) is 0 Å². The number of nitrogens with zero attached hydrogens (tertiary/aromatic N) is 2. The molecule has 1 saturated heterocycles. The van der Waals surface area contributed by atoms with Gasteiger partial charge in [-0.25, -0.2) is 0 Å². The van der Waals surface area contributed by atoms with E-state index in [9.17, 15) is 13.2 Å². The summed E-state index contributed by atoms with van der Waals surface area (Å²) in [5, 5.41) is 0. The number of nitrogens with two attached hydrogens (primary N) is 1. The van der Waals surface area contributed by atoms with Crippen molar-refractivity contribution in [2.24, 2.45) is 5.73 Å². The third kappa shape index (κ3) is 5.39. The Morgan fingerprint density at radius 1 is 0.913 bits per heavy atom. The number of anilines is 1. The first-order chi connectivity index (χ1) is 11.0. The molecule has 0 saturated carbocycles. The monoisotopic (exact) mass is 329 g/mol. The average Bonchev–Trinajstić information content (AvgIpc) is 2.54. The van der Waals surface area contributed by atoms with Gasteiger partial charge in [0, 0.05) is 31.9 Å². The van der Waals surface area contributed by atoms with Crippen LogP contribution >= 0.6 is 0 Å². The number of piperazine rings is 1. The maximum atomic E-state index is 13.1. The molecule has 0 spiro atoms. The minimum atomic E-state index is -4.29. The van der Waals surface area contributed by atoms with E-state index < -0.39 is 11.7 Å². The van der Waals surface area contributed by atoms with Crippen LogP contribution in [-0.4, -0.2) is 44.2 Å². The molecule has 1 fully saturated rings. The van der Waals surface area contributed by atoms with Crippen molar-refractivity contribution in [1.29, 1.82) is 0 Å². The fourth-order valence-corrected chi connectivity index (χ4v) is 3.03. The lowest BCUT2D eigenvalue weighted by Crippen LogP contribution is -2.47. The Hall–Kier alpha value is -1.27. The molecule has 1 aliphatic rings. The van der Waals surface area contributed by atoms with Gasteiger partial charge in [0.25, 0.3) is 0 Å². The maximum Gasteiger partial charge on any atom is 0.418 e. The van der Waals surface area contributed by atoms with Crippen LogP contribution in [0.4, 0.5) is 18.9 Å². The van der Waals surface area contributed by atoms with E-state index >= 15 is 0 Å². The first kappa shape index (κ1) is 18.1. The van der Waals surface area contributed by atoms with Crippen LogP contribution in [0, 0.1) is 0 Å². The number of alkyl halides is 3. The standard InChI is InChI=1S/C17H26F3N3/c18-17(19,20)15-7-3-4-8-16(15)23-13-11-22(12-14-23)10-6-2-1-5-9-21/h3-4,7-8H,1-2,5-6,9-14,21H2. The molecule has 1 aromatic carbocycles. The predicted octanol–water partition coefficient (Wildman–Crippen LogP) is 3.35. The molecule has 0 atom stereocenters. The van der Waals surface area contributed by atoms with E-state index in [0.717, 1.165) is 45.4 Å². The molecule has 0 aliphatic carbocycles. The van der Waals surface area contributed by atoms with Crippen LogP contribution in [-0.2, 0) is 6.18 Å². The van der Waals surface area contributed by atoms with Gasteiger partial charge in [-0.2, -0.15) is 13.2 Å². The Morgan fingerprint density at radius 2 is 1.57 bits per heavy atom. The van der Waals surface area contributed by atoms with Crippen molar-refractivity contribution in [3.63, 3.8) is 0 Å². The van der Waals surface area contributed by atoms with Crippen LogP contribution in [0.15, 0.2) is 24.3 Å². The van der Waals surface area contributed by atoms with E-state index in [1.54, 1.807) is 12.1 Å². The molecule has 0 aromatic heterocycles. The van der Waals surface area contributed by atoms with Gasteiger partial charge in [-0.15, -0.1) is 0 Å². The molecule has 0 unspecified atom stereocenters. The first-order valence-electron chi connectivity index (χ1n) is 8.36. The summed E-state index contributed by atoms with van der Waals surface area (Å²) in [5.74, 6) is 0. The third-order valence-corrected chi connectivity index (χ3v) is 4.35. The van der Waals surface area contributed by atoms with Crippen molar-refractivity contribution in [1.82, 2.24) is 4.90 Å². The second-order valence-electron chi connectivity index (χ2n) is 6.05. The van der Waals surface area contributed by atoms with Gasteiger partial charge < -0.3 is 10.6 Å². The normalized spacial score (nSPS) is 16.8. The molecule has 1 aromatic rings. The van der Waals surface area contributed by atoms with Gasteiger partial charge in [-0.3, -0.25) is 4.90 Å². The number of para-hydroxylation sites is 1. The lowest BCUT2D eigenvalue weighted by Gasteiger charge is -2.37. The summed E-state index contributed by atoms with van der Waals surface area (Å²) in [6, 6.07) is 5.86. The van der Waals surface area contributed by atoms with E-state index in [-0.39, 0.29) is 0 Å². The van der Waals surface area contributed by atoms with Crippen molar-refractivity contribution in [3.05, 3.63) is 29.8 Å². The quantitative estimate of drug-likeness (QED) is 0.779. The Bertz CT molecular complexity index is 468. The van der Waals surface area contributed by atoms with E-state index in [4.69, 9.17) is 5.73 Å². The molecule has 0 bridgehead atoms. The highest BCUT2D eigenvalue weighted by Crippen LogP contribution is 2.36. The summed E-state index contributed by atoms with van der Waals surface area (Å²) in [6.07, 6.45) is 0.252. The molecule has 2 rings (SSSR count). The van der Waals surface area contributed by atoms with Crippen LogP contribution in [0.25, 0.3) is 0 Å². The smallest absolute Gasteiger partial charge is 0.368 e. The topological polar surface area (TPSA) is 32.5 Å². The van der Waals surface area contributed by atoms with Gasteiger partial charge in [0.15, 0.2) is 0 Å². The zero-order chi connectivity index (χ0) is 16.7. The summed E-state index contributed by atoms with van der Waals surface area (Å²) >= 11 is 0. The second-order valence-corrected chi connectivity index (χ2v) is 6.05. The van der Waals surface area contributed by atoms with E-state index in [1.807, 2.05) is 4.90 Å². The van der Waals surface area contributed by atoms with E-state index in [0.29, 0.717) is 18.8 Å². The number of halogens is 3. The SMILES string of the molecule is NCCCCCCN1CCN(c2ccccc2C(F)(F)F)CC1. The van der Waals surface area contributed by atoms with Crippen LogP contribution < -0.4 is 10.6 Å². The molecule has 1 aliphatic heterocycles. The van der Waals surface area contributed by atoms with Gasteiger partial charge in [0.05, 0.1) is 5.56 Å². The molecular weight excluding hydrogens is 303 g/mol. The van der Waals surface area contributed by atoms with E-state index in [1.165, 1.54) is 18.6 Å². The van der Waals surface area contributed by atoms with Crippen molar-refractivity contribution >= 4 is 5.69 Å². The number of rotatable bonds is 7. The summed E-state index contributed by atoms with van der Waals surface area (Å²) in [4.78, 5) is 4.20. The number of benzene rings is 1. The Balaban J connectivity index is 1.83. The molecule has 0 radical (unpaired) electrons. The van der Waals surface area contributed by atoms with Crippen LogP contribution in [0.1, 0.15) is 31.2 Å². The minimum Gasteiger partial charge on any atom is -0.368 e. The Labute approximate surface area is 136 Å². The molecule has 0 amide bonds. The van der Waals surface area contributed by atoms with Gasteiger partial charge in [-0.1, -0.05) is 25.0 Å². The number of hydrogen-bond acceptors (Lipinski definition) is 3. The lowest BCUT2D eigenvalue weighted by atomic mass is 10.1. The van der Waals surface area contributed by atoms with Crippen LogP contribution in [0.5, 0.6) is 0 Å². The van der Waals surface area contributed by atoms with Crippen molar-refractivity contribution in [2.45, 2.75) is 31.9 Å². The lowest BCUT2D eigenvalue weighted by molar-refractivity contribution is -0.137. The van der Waals surface area contributed by atoms with Crippen molar-refractivity contribution in [2.75, 3.05) is 44.2 Å². The molecule has 3 nitrogen and oxygen atoms in total. The summed E-state index contributed by atoms with van der Waals surface area (Å²) in [6.45, 7) is 4.72. The molecule has 1 heterocycles. The zero-order valence-electron chi connectivity index (χ0n) is 13.5. The molecule has 6 heteroatoms. The second kappa shape index (κ2) is 8.55. The molecule has 130 valence electrons. The fourth-order valence-electron chi connectivity index (χ4n) is 3.03. The summed E-state index contributed by atoms with van der Waals surface area (Å²) < 4.78 is 39.3. The highest BCUT2D eigenvalue weighted by molar-refractivity contribution is 5.55. The number of unbranched alkanes of at least 4 members (excludes halogenated alkanes) is 3. The number of hydrogen-bond donors (Lipinski definition) is 1. The van der Waals surface area contributed by atoms with E-state index in [2.05, 4.69) is 4.90 Å². The van der Waals surface area contributed by atoms with Crippen molar-refractivity contribution in [3.8, 4) is 0 Å².